The van der Waals surface area contributed by atoms with Crippen molar-refractivity contribution in [1.29, 1.82) is 0 Å². The first kappa shape index (κ1) is 9.16. The Morgan fingerprint density at radius 1 is 1.29 bits per heavy atom. The van der Waals surface area contributed by atoms with E-state index >= 15 is 0 Å². The van der Waals surface area contributed by atoms with Crippen LogP contribution in [0.3, 0.4) is 0 Å². The van der Waals surface area contributed by atoms with E-state index in [9.17, 15) is 0 Å². The van der Waals surface area contributed by atoms with Crippen LogP contribution in [-0.4, -0.2) is 7.11 Å². The average Bonchev–Trinajstić information content (AvgIpc) is 2.71. The van der Waals surface area contributed by atoms with Gasteiger partial charge >= 0.3 is 0 Å². The largest absolute Gasteiger partial charge is 0.497 e. The molecule has 0 atom stereocenters. The van der Waals surface area contributed by atoms with Gasteiger partial charge in [-0.1, -0.05) is 11.6 Å². The number of hydrogen-bond donors (Lipinski definition) is 0. The molecule has 2 rings (SSSR count). The molecule has 0 spiro atoms. The second-order valence-electron chi connectivity index (χ2n) is 2.82. The van der Waals surface area contributed by atoms with Crippen molar-refractivity contribution in [2.75, 3.05) is 7.11 Å². The van der Waals surface area contributed by atoms with E-state index in [0.717, 1.165) is 17.1 Å². The number of methoxy groups -OCH3 is 1. The zero-order valence-electron chi connectivity index (χ0n) is 7.66. The molecule has 0 fully saturated rings. The minimum atomic E-state index is 0.653. The van der Waals surface area contributed by atoms with Gasteiger partial charge in [0.15, 0.2) is 0 Å². The van der Waals surface area contributed by atoms with Crippen molar-refractivity contribution in [1.82, 2.24) is 0 Å². The lowest BCUT2D eigenvalue weighted by Crippen LogP contribution is -1.83. The molecule has 0 aliphatic heterocycles. The molecule has 0 bridgehead atoms. The lowest BCUT2D eigenvalue weighted by Gasteiger charge is -2.04. The molecule has 1 aromatic heterocycles. The minimum Gasteiger partial charge on any atom is -0.497 e. The number of benzene rings is 1. The zero-order chi connectivity index (χ0) is 9.97. The molecule has 0 saturated heterocycles. The van der Waals surface area contributed by atoms with Gasteiger partial charge < -0.3 is 9.15 Å². The van der Waals surface area contributed by atoms with E-state index in [1.165, 1.54) is 0 Å². The number of rotatable bonds is 2. The topological polar surface area (TPSA) is 22.4 Å². The van der Waals surface area contributed by atoms with Crippen LogP contribution >= 0.6 is 11.6 Å². The summed E-state index contributed by atoms with van der Waals surface area (Å²) in [6.45, 7) is 0. The van der Waals surface area contributed by atoms with Gasteiger partial charge in [0.05, 0.1) is 18.4 Å². The van der Waals surface area contributed by atoms with Crippen molar-refractivity contribution in [2.45, 2.75) is 0 Å². The Balaban J connectivity index is 2.51. The quantitative estimate of drug-likeness (QED) is 0.752. The highest BCUT2D eigenvalue weighted by Gasteiger charge is 2.07. The van der Waals surface area contributed by atoms with Crippen molar-refractivity contribution in [3.8, 4) is 17.1 Å². The first-order valence-corrected chi connectivity index (χ1v) is 4.56. The summed E-state index contributed by atoms with van der Waals surface area (Å²) in [7, 11) is 1.62. The normalized spacial score (nSPS) is 10.1. The van der Waals surface area contributed by atoms with Crippen LogP contribution in [-0.2, 0) is 0 Å². The Labute approximate surface area is 87.1 Å². The van der Waals surface area contributed by atoms with Gasteiger partial charge in [-0.05, 0) is 30.3 Å². The second kappa shape index (κ2) is 3.76. The van der Waals surface area contributed by atoms with Gasteiger partial charge in [0.25, 0.3) is 0 Å². The summed E-state index contributed by atoms with van der Waals surface area (Å²) in [4.78, 5) is 0. The van der Waals surface area contributed by atoms with Crippen molar-refractivity contribution in [3.05, 3.63) is 41.6 Å². The molecule has 1 aromatic carbocycles. The van der Waals surface area contributed by atoms with E-state index in [-0.39, 0.29) is 0 Å². The minimum absolute atomic E-state index is 0.653. The molecule has 0 radical (unpaired) electrons. The fourth-order valence-electron chi connectivity index (χ4n) is 1.25. The van der Waals surface area contributed by atoms with E-state index in [4.69, 9.17) is 20.8 Å². The fourth-order valence-corrected chi connectivity index (χ4v) is 1.46. The van der Waals surface area contributed by atoms with Gasteiger partial charge in [0.2, 0.25) is 0 Å². The highest BCUT2D eigenvalue weighted by molar-refractivity contribution is 6.33. The third kappa shape index (κ3) is 1.61. The summed E-state index contributed by atoms with van der Waals surface area (Å²) < 4.78 is 10.4. The standard InChI is InChI=1S/C11H9ClO2/c1-13-8-4-5-10(12)9(7-8)11-3-2-6-14-11/h2-7H,1H3. The van der Waals surface area contributed by atoms with E-state index in [1.807, 2.05) is 24.3 Å². The number of furan rings is 1. The van der Waals surface area contributed by atoms with Crippen molar-refractivity contribution in [2.24, 2.45) is 0 Å². The molecule has 14 heavy (non-hydrogen) atoms. The molecule has 72 valence electrons. The Hall–Kier alpha value is -1.41. The molecule has 0 unspecified atom stereocenters. The number of ether oxygens (including phenoxy) is 1. The van der Waals surface area contributed by atoms with E-state index in [2.05, 4.69) is 0 Å². The molecule has 0 aliphatic carbocycles. The molecule has 0 amide bonds. The van der Waals surface area contributed by atoms with Crippen LogP contribution in [0, 0.1) is 0 Å². The third-order valence-corrected chi connectivity index (χ3v) is 2.29. The van der Waals surface area contributed by atoms with E-state index in [0.29, 0.717) is 5.02 Å². The molecule has 1 heterocycles. The SMILES string of the molecule is COc1ccc(Cl)c(-c2ccco2)c1. The fraction of sp³-hybridized carbons (Fsp3) is 0.0909. The highest BCUT2D eigenvalue weighted by atomic mass is 35.5. The van der Waals surface area contributed by atoms with Crippen molar-refractivity contribution >= 4 is 11.6 Å². The van der Waals surface area contributed by atoms with Gasteiger partial charge in [0.1, 0.15) is 11.5 Å². The Morgan fingerprint density at radius 2 is 2.14 bits per heavy atom. The summed E-state index contributed by atoms with van der Waals surface area (Å²) in [5.41, 5.74) is 0.844. The van der Waals surface area contributed by atoms with Gasteiger partial charge in [-0.25, -0.2) is 0 Å². The maximum absolute atomic E-state index is 6.03. The van der Waals surface area contributed by atoms with E-state index < -0.39 is 0 Å². The predicted octanol–water partition coefficient (Wildman–Crippen LogP) is 3.61. The van der Waals surface area contributed by atoms with Crippen LogP contribution in [0.1, 0.15) is 0 Å². The molecule has 2 aromatic rings. The monoisotopic (exact) mass is 208 g/mol. The average molecular weight is 209 g/mol. The molecule has 0 aliphatic rings. The molecule has 0 N–H and O–H groups in total. The van der Waals surface area contributed by atoms with Crippen LogP contribution < -0.4 is 4.74 Å². The Kier molecular flexibility index (Phi) is 2.46. The predicted molar refractivity (Wildman–Crippen MR) is 55.7 cm³/mol. The summed E-state index contributed by atoms with van der Waals surface area (Å²) in [6.07, 6.45) is 1.62. The number of hydrogen-bond acceptors (Lipinski definition) is 2. The van der Waals surface area contributed by atoms with Crippen molar-refractivity contribution < 1.29 is 9.15 Å². The van der Waals surface area contributed by atoms with E-state index in [1.54, 1.807) is 19.4 Å². The third-order valence-electron chi connectivity index (χ3n) is 1.96. The maximum atomic E-state index is 6.03. The van der Waals surface area contributed by atoms with Gasteiger partial charge in [0, 0.05) is 5.56 Å². The van der Waals surface area contributed by atoms with Crippen LogP contribution in [0.15, 0.2) is 41.0 Å². The van der Waals surface area contributed by atoms with Gasteiger partial charge in [-0.15, -0.1) is 0 Å². The maximum Gasteiger partial charge on any atom is 0.135 e. The summed E-state index contributed by atoms with van der Waals surface area (Å²) in [5.74, 6) is 1.51. The highest BCUT2D eigenvalue weighted by Crippen LogP contribution is 2.31. The van der Waals surface area contributed by atoms with Crippen LogP contribution in [0.4, 0.5) is 0 Å². The van der Waals surface area contributed by atoms with Crippen LogP contribution in [0.5, 0.6) is 5.75 Å². The van der Waals surface area contributed by atoms with Crippen molar-refractivity contribution in [3.63, 3.8) is 0 Å². The summed E-state index contributed by atoms with van der Waals surface area (Å²) in [6, 6.07) is 9.14. The second-order valence-corrected chi connectivity index (χ2v) is 3.23. The number of halogens is 1. The first-order chi connectivity index (χ1) is 6.81. The lowest BCUT2D eigenvalue weighted by molar-refractivity contribution is 0.415. The molecular formula is C11H9ClO2. The Bertz CT molecular complexity index is 421. The smallest absolute Gasteiger partial charge is 0.135 e. The summed E-state index contributed by atoms with van der Waals surface area (Å²) in [5, 5.41) is 0.653. The van der Waals surface area contributed by atoms with Gasteiger partial charge in [-0.2, -0.15) is 0 Å². The first-order valence-electron chi connectivity index (χ1n) is 4.18. The molecule has 3 heteroatoms. The lowest BCUT2D eigenvalue weighted by atomic mass is 10.1. The van der Waals surface area contributed by atoms with Crippen LogP contribution in [0.2, 0.25) is 5.02 Å². The zero-order valence-corrected chi connectivity index (χ0v) is 8.41. The molecule has 2 nitrogen and oxygen atoms in total. The summed E-state index contributed by atoms with van der Waals surface area (Å²) >= 11 is 6.03. The Morgan fingerprint density at radius 3 is 2.79 bits per heavy atom. The molecular weight excluding hydrogens is 200 g/mol. The van der Waals surface area contributed by atoms with Gasteiger partial charge in [-0.3, -0.25) is 0 Å². The molecule has 0 saturated carbocycles. The van der Waals surface area contributed by atoms with Crippen LogP contribution in [0.25, 0.3) is 11.3 Å².